The van der Waals surface area contributed by atoms with Crippen LogP contribution in [-0.4, -0.2) is 34.5 Å². The third-order valence-electron chi connectivity index (χ3n) is 3.07. The minimum Gasteiger partial charge on any atom is -0.480 e. The van der Waals surface area contributed by atoms with E-state index in [0.717, 1.165) is 19.2 Å². The SMILES string of the molecule is CN(C(=O)C(F)(F)c1ccccc1)C(C)(C)C(=O)O. The van der Waals surface area contributed by atoms with Crippen LogP contribution in [0.4, 0.5) is 8.78 Å². The average molecular weight is 271 g/mol. The Morgan fingerprint density at radius 1 is 1.16 bits per heavy atom. The Balaban J connectivity index is 3.10. The fourth-order valence-electron chi connectivity index (χ4n) is 1.38. The van der Waals surface area contributed by atoms with E-state index in [9.17, 15) is 18.4 Å². The zero-order chi connectivity index (χ0) is 14.8. The van der Waals surface area contributed by atoms with Gasteiger partial charge in [0, 0.05) is 12.6 Å². The van der Waals surface area contributed by atoms with Crippen LogP contribution in [0.3, 0.4) is 0 Å². The molecule has 0 spiro atoms. The molecule has 1 rings (SSSR count). The van der Waals surface area contributed by atoms with Gasteiger partial charge >= 0.3 is 11.9 Å². The van der Waals surface area contributed by atoms with Crippen molar-refractivity contribution in [3.8, 4) is 0 Å². The Labute approximate surface area is 109 Å². The van der Waals surface area contributed by atoms with Gasteiger partial charge in [-0.3, -0.25) is 4.79 Å². The van der Waals surface area contributed by atoms with Gasteiger partial charge in [-0.1, -0.05) is 30.3 Å². The quantitative estimate of drug-likeness (QED) is 0.912. The summed E-state index contributed by atoms with van der Waals surface area (Å²) in [6.45, 7) is 2.38. The van der Waals surface area contributed by atoms with Crippen LogP contribution in [0.25, 0.3) is 0 Å². The molecule has 0 unspecified atom stereocenters. The first kappa shape index (κ1) is 15.1. The van der Waals surface area contributed by atoms with E-state index in [0.29, 0.717) is 4.90 Å². The monoisotopic (exact) mass is 271 g/mol. The fraction of sp³-hybridized carbons (Fsp3) is 0.385. The van der Waals surface area contributed by atoms with Crippen LogP contribution in [-0.2, 0) is 15.5 Å². The summed E-state index contributed by atoms with van der Waals surface area (Å²) in [4.78, 5) is 23.4. The number of rotatable bonds is 4. The van der Waals surface area contributed by atoms with Gasteiger partial charge < -0.3 is 10.0 Å². The van der Waals surface area contributed by atoms with E-state index < -0.39 is 28.9 Å². The first-order valence-electron chi connectivity index (χ1n) is 5.56. The van der Waals surface area contributed by atoms with E-state index in [-0.39, 0.29) is 0 Å². The van der Waals surface area contributed by atoms with Gasteiger partial charge in [0.1, 0.15) is 5.54 Å². The number of carboxylic acids is 1. The number of hydrogen-bond acceptors (Lipinski definition) is 2. The maximum absolute atomic E-state index is 14.0. The molecule has 0 atom stereocenters. The number of carbonyl (C=O) groups excluding carboxylic acids is 1. The lowest BCUT2D eigenvalue weighted by Gasteiger charge is -2.34. The second-order valence-electron chi connectivity index (χ2n) is 4.67. The number of likely N-dealkylation sites (N-methyl/N-ethyl adjacent to an activating group) is 1. The molecule has 1 aromatic carbocycles. The van der Waals surface area contributed by atoms with Gasteiger partial charge in [0.15, 0.2) is 0 Å². The number of aliphatic carboxylic acids is 1. The highest BCUT2D eigenvalue weighted by molar-refractivity contribution is 5.90. The van der Waals surface area contributed by atoms with Gasteiger partial charge in [0.05, 0.1) is 0 Å². The van der Waals surface area contributed by atoms with Crippen molar-refractivity contribution in [3.63, 3.8) is 0 Å². The predicted molar refractivity (Wildman–Crippen MR) is 64.8 cm³/mol. The van der Waals surface area contributed by atoms with Crippen LogP contribution >= 0.6 is 0 Å². The first-order chi connectivity index (χ1) is 8.61. The number of carbonyl (C=O) groups is 2. The largest absolute Gasteiger partial charge is 0.480 e. The second-order valence-corrected chi connectivity index (χ2v) is 4.67. The molecule has 0 saturated carbocycles. The Bertz CT molecular complexity index is 486. The number of alkyl halides is 2. The first-order valence-corrected chi connectivity index (χ1v) is 5.56. The van der Waals surface area contributed by atoms with Gasteiger partial charge in [-0.2, -0.15) is 8.78 Å². The molecule has 0 fully saturated rings. The molecule has 0 aliphatic rings. The summed E-state index contributed by atoms with van der Waals surface area (Å²) in [5.41, 5.74) is -2.18. The Kier molecular flexibility index (Phi) is 3.93. The van der Waals surface area contributed by atoms with Gasteiger partial charge in [-0.05, 0) is 13.8 Å². The van der Waals surface area contributed by atoms with Crippen molar-refractivity contribution in [2.75, 3.05) is 7.05 Å². The highest BCUT2D eigenvalue weighted by Gasteiger charge is 2.48. The van der Waals surface area contributed by atoms with Gasteiger partial charge in [-0.25, -0.2) is 4.79 Å². The molecule has 1 aromatic rings. The molecule has 6 heteroatoms. The lowest BCUT2D eigenvalue weighted by Crippen LogP contribution is -2.54. The molecular weight excluding hydrogens is 256 g/mol. The van der Waals surface area contributed by atoms with E-state index in [1.807, 2.05) is 0 Å². The number of hydrogen-bond donors (Lipinski definition) is 1. The molecule has 0 aliphatic heterocycles. The summed E-state index contributed by atoms with van der Waals surface area (Å²) in [5, 5.41) is 8.96. The molecule has 0 heterocycles. The molecule has 0 bridgehead atoms. The van der Waals surface area contributed by atoms with Crippen LogP contribution in [0.2, 0.25) is 0 Å². The van der Waals surface area contributed by atoms with Crippen molar-refractivity contribution in [2.24, 2.45) is 0 Å². The zero-order valence-corrected chi connectivity index (χ0v) is 10.9. The standard InChI is InChI=1S/C13H15F2NO3/c1-12(2,11(18)19)16(3)10(17)13(14,15)9-7-5-4-6-8-9/h4-8H,1-3H3,(H,18,19). The lowest BCUT2D eigenvalue weighted by molar-refractivity contribution is -0.170. The third-order valence-corrected chi connectivity index (χ3v) is 3.07. The van der Waals surface area contributed by atoms with Crippen LogP contribution in [0.15, 0.2) is 30.3 Å². The van der Waals surface area contributed by atoms with Gasteiger partial charge in [0.25, 0.3) is 5.91 Å². The molecule has 1 amide bonds. The molecule has 0 saturated heterocycles. The summed E-state index contributed by atoms with van der Waals surface area (Å²) in [6, 6.07) is 6.58. The van der Waals surface area contributed by atoms with Gasteiger partial charge in [-0.15, -0.1) is 0 Å². The normalized spacial score (nSPS) is 12.1. The highest BCUT2D eigenvalue weighted by atomic mass is 19.3. The second kappa shape index (κ2) is 4.95. The van der Waals surface area contributed by atoms with Crippen LogP contribution in [0, 0.1) is 0 Å². The van der Waals surface area contributed by atoms with Crippen molar-refractivity contribution >= 4 is 11.9 Å². The number of nitrogens with zero attached hydrogens (tertiary/aromatic N) is 1. The predicted octanol–water partition coefficient (Wildman–Crippen LogP) is 2.10. The van der Waals surface area contributed by atoms with E-state index in [1.165, 1.54) is 26.0 Å². The summed E-state index contributed by atoms with van der Waals surface area (Å²) < 4.78 is 28.0. The molecule has 0 aliphatic carbocycles. The Morgan fingerprint density at radius 2 is 1.63 bits per heavy atom. The molecule has 0 aromatic heterocycles. The zero-order valence-electron chi connectivity index (χ0n) is 10.9. The van der Waals surface area contributed by atoms with Crippen LogP contribution in [0.5, 0.6) is 0 Å². The summed E-state index contributed by atoms with van der Waals surface area (Å²) in [5.74, 6) is -6.67. The van der Waals surface area contributed by atoms with Crippen molar-refractivity contribution in [2.45, 2.75) is 25.3 Å². The van der Waals surface area contributed by atoms with Gasteiger partial charge in [0.2, 0.25) is 0 Å². The van der Waals surface area contributed by atoms with Crippen molar-refractivity contribution in [1.29, 1.82) is 0 Å². The minimum absolute atomic E-state index is 0.465. The van der Waals surface area contributed by atoms with Crippen LogP contribution in [0.1, 0.15) is 19.4 Å². The number of benzene rings is 1. The summed E-state index contributed by atoms with van der Waals surface area (Å²) in [7, 11) is 1.05. The summed E-state index contributed by atoms with van der Waals surface area (Å²) in [6.07, 6.45) is 0. The summed E-state index contributed by atoms with van der Waals surface area (Å²) >= 11 is 0. The van der Waals surface area contributed by atoms with E-state index >= 15 is 0 Å². The van der Waals surface area contributed by atoms with Crippen molar-refractivity contribution in [1.82, 2.24) is 4.90 Å². The molecule has 0 radical (unpaired) electrons. The molecule has 104 valence electrons. The Morgan fingerprint density at radius 3 is 2.05 bits per heavy atom. The number of carboxylic acid groups (broad SMARTS) is 1. The third kappa shape index (κ3) is 2.72. The number of halogens is 2. The minimum atomic E-state index is -3.76. The molecular formula is C13H15F2NO3. The molecule has 19 heavy (non-hydrogen) atoms. The maximum atomic E-state index is 14.0. The van der Waals surface area contributed by atoms with E-state index in [1.54, 1.807) is 6.07 Å². The smallest absolute Gasteiger partial charge is 0.349 e. The topological polar surface area (TPSA) is 57.6 Å². The number of amides is 1. The van der Waals surface area contributed by atoms with E-state index in [2.05, 4.69) is 0 Å². The Hall–Kier alpha value is -1.98. The molecule has 1 N–H and O–H groups in total. The maximum Gasteiger partial charge on any atom is 0.349 e. The average Bonchev–Trinajstić information content (AvgIpc) is 2.37. The molecule has 4 nitrogen and oxygen atoms in total. The van der Waals surface area contributed by atoms with E-state index in [4.69, 9.17) is 5.11 Å². The van der Waals surface area contributed by atoms with Crippen molar-refractivity contribution < 1.29 is 23.5 Å². The highest BCUT2D eigenvalue weighted by Crippen LogP contribution is 2.31. The van der Waals surface area contributed by atoms with Crippen molar-refractivity contribution in [3.05, 3.63) is 35.9 Å². The fourth-order valence-corrected chi connectivity index (χ4v) is 1.38. The van der Waals surface area contributed by atoms with Crippen LogP contribution < -0.4 is 0 Å². The lowest BCUT2D eigenvalue weighted by atomic mass is 10.0.